The summed E-state index contributed by atoms with van der Waals surface area (Å²) in [5.74, 6) is 0.995. The summed E-state index contributed by atoms with van der Waals surface area (Å²) < 4.78 is 5.25. The summed E-state index contributed by atoms with van der Waals surface area (Å²) >= 11 is 5.75. The molecule has 1 aromatic carbocycles. The fourth-order valence-corrected chi connectivity index (χ4v) is 2.01. The summed E-state index contributed by atoms with van der Waals surface area (Å²) in [6.07, 6.45) is 0. The van der Waals surface area contributed by atoms with Crippen molar-refractivity contribution in [2.75, 3.05) is 19.5 Å². The average Bonchev–Trinajstić information content (AvgIpc) is 2.34. The van der Waals surface area contributed by atoms with E-state index in [1.807, 2.05) is 39.0 Å². The molecule has 0 saturated carbocycles. The largest absolute Gasteiger partial charge is 0.496 e. The van der Waals surface area contributed by atoms with Gasteiger partial charge in [0.05, 0.1) is 12.7 Å². The molecule has 1 amide bonds. The molecule has 0 aliphatic rings. The van der Waals surface area contributed by atoms with Crippen LogP contribution in [0.4, 0.5) is 0 Å². The van der Waals surface area contributed by atoms with Gasteiger partial charge in [-0.3, -0.25) is 4.79 Å². The Kier molecular flexibility index (Phi) is 5.48. The van der Waals surface area contributed by atoms with Crippen molar-refractivity contribution in [2.45, 2.75) is 26.8 Å². The molecule has 0 aliphatic carbocycles. The number of ether oxygens (including phenoxy) is 1. The lowest BCUT2D eigenvalue weighted by Gasteiger charge is -2.26. The molecule has 0 atom stereocenters. The van der Waals surface area contributed by atoms with Crippen molar-refractivity contribution < 1.29 is 9.53 Å². The molecule has 1 rings (SSSR count). The zero-order valence-electron chi connectivity index (χ0n) is 11.4. The molecule has 0 aliphatic heterocycles. The van der Waals surface area contributed by atoms with Crippen LogP contribution in [-0.2, 0) is 0 Å². The molecule has 3 nitrogen and oxygen atoms in total. The van der Waals surface area contributed by atoms with Crippen molar-refractivity contribution in [3.05, 3.63) is 29.3 Å². The van der Waals surface area contributed by atoms with Gasteiger partial charge in [0, 0.05) is 18.5 Å². The minimum absolute atomic E-state index is 0.0359. The molecular formula is C14H20ClNO2. The molecule has 4 heteroatoms. The first-order valence-electron chi connectivity index (χ1n) is 6.02. The molecule has 18 heavy (non-hydrogen) atoms. The van der Waals surface area contributed by atoms with E-state index in [9.17, 15) is 4.79 Å². The van der Waals surface area contributed by atoms with E-state index in [2.05, 4.69) is 0 Å². The normalized spacial score (nSPS) is 10.6. The number of nitrogens with zero attached hydrogens (tertiary/aromatic N) is 1. The summed E-state index contributed by atoms with van der Waals surface area (Å²) in [6, 6.07) is 5.71. The van der Waals surface area contributed by atoms with Crippen LogP contribution < -0.4 is 4.74 Å². The summed E-state index contributed by atoms with van der Waals surface area (Å²) in [6.45, 7) is 6.45. The van der Waals surface area contributed by atoms with Crippen LogP contribution in [0.3, 0.4) is 0 Å². The number of methoxy groups -OCH3 is 1. The van der Waals surface area contributed by atoms with Gasteiger partial charge in [-0.15, -0.1) is 11.6 Å². The molecule has 0 radical (unpaired) electrons. The van der Waals surface area contributed by atoms with Crippen molar-refractivity contribution in [2.24, 2.45) is 0 Å². The highest BCUT2D eigenvalue weighted by molar-refractivity contribution is 6.18. The molecule has 1 aromatic rings. The predicted octanol–water partition coefficient (Wildman–Crippen LogP) is 3.09. The van der Waals surface area contributed by atoms with E-state index in [-0.39, 0.29) is 11.9 Å². The van der Waals surface area contributed by atoms with E-state index >= 15 is 0 Å². The molecule has 0 spiro atoms. The maximum Gasteiger partial charge on any atom is 0.257 e. The molecule has 0 bridgehead atoms. The van der Waals surface area contributed by atoms with Gasteiger partial charge in [-0.1, -0.05) is 11.6 Å². The second-order valence-electron chi connectivity index (χ2n) is 4.49. The molecule has 0 aromatic heterocycles. The van der Waals surface area contributed by atoms with Gasteiger partial charge in [-0.25, -0.2) is 0 Å². The van der Waals surface area contributed by atoms with Crippen molar-refractivity contribution in [3.8, 4) is 5.75 Å². The van der Waals surface area contributed by atoms with E-state index in [4.69, 9.17) is 16.3 Å². The van der Waals surface area contributed by atoms with Crippen molar-refractivity contribution in [3.63, 3.8) is 0 Å². The van der Waals surface area contributed by atoms with Crippen LogP contribution in [0.2, 0.25) is 0 Å². The fourth-order valence-electron chi connectivity index (χ4n) is 1.83. The lowest BCUT2D eigenvalue weighted by atomic mass is 10.1. The maximum absolute atomic E-state index is 12.5. The highest BCUT2D eigenvalue weighted by Crippen LogP contribution is 2.22. The number of alkyl halides is 1. The Labute approximate surface area is 114 Å². The first-order chi connectivity index (χ1) is 8.51. The number of benzene rings is 1. The van der Waals surface area contributed by atoms with Crippen LogP contribution in [0, 0.1) is 6.92 Å². The van der Waals surface area contributed by atoms with Crippen LogP contribution in [0.5, 0.6) is 5.75 Å². The Balaban J connectivity index is 3.11. The molecule has 0 fully saturated rings. The Morgan fingerprint density at radius 2 is 2.11 bits per heavy atom. The quantitative estimate of drug-likeness (QED) is 0.769. The summed E-state index contributed by atoms with van der Waals surface area (Å²) in [5, 5.41) is 0. The van der Waals surface area contributed by atoms with E-state index in [1.165, 1.54) is 0 Å². The molecule has 0 N–H and O–H groups in total. The number of amides is 1. The molecule has 0 heterocycles. The van der Waals surface area contributed by atoms with Gasteiger partial charge in [0.2, 0.25) is 0 Å². The minimum atomic E-state index is -0.0359. The van der Waals surface area contributed by atoms with E-state index in [0.29, 0.717) is 23.7 Å². The second kappa shape index (κ2) is 6.64. The standard InChI is InChI=1S/C14H20ClNO2/c1-10(2)16(8-7-15)14(17)12-9-11(3)5-6-13(12)18-4/h5-6,9-10H,7-8H2,1-4H3. The first kappa shape index (κ1) is 14.8. The highest BCUT2D eigenvalue weighted by atomic mass is 35.5. The van der Waals surface area contributed by atoms with Crippen molar-refractivity contribution >= 4 is 17.5 Å². The van der Waals surface area contributed by atoms with E-state index in [0.717, 1.165) is 5.56 Å². The van der Waals surface area contributed by atoms with Gasteiger partial charge in [0.25, 0.3) is 5.91 Å². The number of carbonyl (C=O) groups is 1. The Bertz CT molecular complexity index is 418. The van der Waals surface area contributed by atoms with E-state index < -0.39 is 0 Å². The third-order valence-corrected chi connectivity index (χ3v) is 2.96. The number of hydrogen-bond donors (Lipinski definition) is 0. The number of halogens is 1. The predicted molar refractivity (Wildman–Crippen MR) is 74.6 cm³/mol. The van der Waals surface area contributed by atoms with Crippen LogP contribution in [-0.4, -0.2) is 36.4 Å². The first-order valence-corrected chi connectivity index (χ1v) is 6.56. The fraction of sp³-hybridized carbons (Fsp3) is 0.500. The van der Waals surface area contributed by atoms with Crippen molar-refractivity contribution in [1.82, 2.24) is 4.90 Å². The Morgan fingerprint density at radius 1 is 1.44 bits per heavy atom. The smallest absolute Gasteiger partial charge is 0.257 e. The van der Waals surface area contributed by atoms with Gasteiger partial charge < -0.3 is 9.64 Å². The number of hydrogen-bond acceptors (Lipinski definition) is 2. The zero-order chi connectivity index (χ0) is 13.7. The molecule has 100 valence electrons. The van der Waals surface area contributed by atoms with Crippen LogP contribution in [0.25, 0.3) is 0 Å². The summed E-state index contributed by atoms with van der Waals surface area (Å²) in [4.78, 5) is 14.2. The van der Waals surface area contributed by atoms with E-state index in [1.54, 1.807) is 12.0 Å². The van der Waals surface area contributed by atoms with Gasteiger partial charge in [-0.2, -0.15) is 0 Å². The van der Waals surface area contributed by atoms with Gasteiger partial charge in [-0.05, 0) is 32.9 Å². The Morgan fingerprint density at radius 3 is 2.61 bits per heavy atom. The SMILES string of the molecule is COc1ccc(C)cc1C(=O)N(CCCl)C(C)C. The molecular weight excluding hydrogens is 250 g/mol. The highest BCUT2D eigenvalue weighted by Gasteiger charge is 2.21. The third kappa shape index (κ3) is 3.39. The Hall–Kier alpha value is -1.22. The number of rotatable bonds is 5. The second-order valence-corrected chi connectivity index (χ2v) is 4.86. The van der Waals surface area contributed by atoms with Crippen LogP contribution in [0.1, 0.15) is 29.8 Å². The molecule has 0 unspecified atom stereocenters. The van der Waals surface area contributed by atoms with Gasteiger partial charge in [0.1, 0.15) is 5.75 Å². The maximum atomic E-state index is 12.5. The lowest BCUT2D eigenvalue weighted by molar-refractivity contribution is 0.0715. The van der Waals surface area contributed by atoms with Crippen molar-refractivity contribution in [1.29, 1.82) is 0 Å². The topological polar surface area (TPSA) is 29.5 Å². The van der Waals surface area contributed by atoms with Crippen LogP contribution >= 0.6 is 11.6 Å². The number of carbonyl (C=O) groups excluding carboxylic acids is 1. The monoisotopic (exact) mass is 269 g/mol. The zero-order valence-corrected chi connectivity index (χ0v) is 12.1. The average molecular weight is 270 g/mol. The lowest BCUT2D eigenvalue weighted by Crippen LogP contribution is -2.38. The molecule has 0 saturated heterocycles. The third-order valence-electron chi connectivity index (χ3n) is 2.80. The number of aryl methyl sites for hydroxylation is 1. The summed E-state index contributed by atoms with van der Waals surface area (Å²) in [7, 11) is 1.57. The van der Waals surface area contributed by atoms with Gasteiger partial charge >= 0.3 is 0 Å². The minimum Gasteiger partial charge on any atom is -0.496 e. The van der Waals surface area contributed by atoms with Gasteiger partial charge in [0.15, 0.2) is 0 Å². The summed E-state index contributed by atoms with van der Waals surface area (Å²) in [5.41, 5.74) is 1.63. The van der Waals surface area contributed by atoms with Crippen LogP contribution in [0.15, 0.2) is 18.2 Å².